The fourth-order valence-corrected chi connectivity index (χ4v) is 6.93. The van der Waals surface area contributed by atoms with E-state index in [1.54, 1.807) is 30.2 Å². The van der Waals surface area contributed by atoms with E-state index in [2.05, 4.69) is 5.32 Å². The maximum Gasteiger partial charge on any atom is 0.255 e. The van der Waals surface area contributed by atoms with Crippen LogP contribution in [0.1, 0.15) is 49.4 Å². The van der Waals surface area contributed by atoms with E-state index in [1.807, 2.05) is 96.8 Å². The highest BCUT2D eigenvalue weighted by atomic mass is 16.5. The fourth-order valence-electron chi connectivity index (χ4n) is 6.93. The van der Waals surface area contributed by atoms with Crippen molar-refractivity contribution in [2.75, 3.05) is 40.4 Å². The van der Waals surface area contributed by atoms with Gasteiger partial charge in [-0.3, -0.25) is 14.4 Å². The van der Waals surface area contributed by atoms with Crippen LogP contribution in [0.25, 0.3) is 0 Å². The Hall–Kier alpha value is -4.95. The van der Waals surface area contributed by atoms with Gasteiger partial charge in [-0.15, -0.1) is 0 Å². The lowest BCUT2D eigenvalue weighted by Crippen LogP contribution is -2.54. The van der Waals surface area contributed by atoms with Crippen molar-refractivity contribution in [3.05, 3.63) is 131 Å². The molecule has 2 aliphatic rings. The van der Waals surface area contributed by atoms with Crippen molar-refractivity contribution in [2.45, 2.75) is 24.9 Å². The smallest absolute Gasteiger partial charge is 0.255 e. The summed E-state index contributed by atoms with van der Waals surface area (Å²) in [7, 11) is 3.06. The molecule has 0 aliphatic carbocycles. The lowest BCUT2D eigenvalue weighted by atomic mass is 9.76. The number of nitrogens with one attached hydrogen (secondary N) is 1. The molecule has 46 heavy (non-hydrogen) atoms. The van der Waals surface area contributed by atoms with Gasteiger partial charge in [0.25, 0.3) is 5.91 Å². The van der Waals surface area contributed by atoms with Crippen LogP contribution in [0.15, 0.2) is 103 Å². The van der Waals surface area contributed by atoms with Gasteiger partial charge in [0, 0.05) is 43.2 Å². The van der Waals surface area contributed by atoms with Crippen LogP contribution in [-0.2, 0) is 4.79 Å². The normalized spacial score (nSPS) is 21.1. The number of benzene rings is 4. The summed E-state index contributed by atoms with van der Waals surface area (Å²) in [4.78, 5) is 48.1. The SMILES string of the molecule is COc1ccc(C(=O)N2C(C(=O)N3CCNCC3)C(c3ccccc3)C(C(=O)c3ccccc3)C2c2ccc(C)cc2)cc1OC. The van der Waals surface area contributed by atoms with E-state index in [1.165, 1.54) is 7.11 Å². The van der Waals surface area contributed by atoms with Crippen LogP contribution in [0.2, 0.25) is 0 Å². The summed E-state index contributed by atoms with van der Waals surface area (Å²) in [6.07, 6.45) is 0. The van der Waals surface area contributed by atoms with Crippen LogP contribution in [0.5, 0.6) is 11.5 Å². The average molecular weight is 618 g/mol. The Balaban J connectivity index is 1.60. The van der Waals surface area contributed by atoms with Crippen LogP contribution in [-0.4, -0.2) is 73.8 Å². The van der Waals surface area contributed by atoms with Gasteiger partial charge in [0.2, 0.25) is 5.91 Å². The van der Waals surface area contributed by atoms with Crippen LogP contribution >= 0.6 is 0 Å². The van der Waals surface area contributed by atoms with E-state index in [0.29, 0.717) is 48.8 Å². The lowest BCUT2D eigenvalue weighted by Gasteiger charge is -2.36. The highest BCUT2D eigenvalue weighted by Crippen LogP contribution is 2.52. The molecule has 4 aromatic rings. The summed E-state index contributed by atoms with van der Waals surface area (Å²) in [5, 5.41) is 3.32. The number of methoxy groups -OCH3 is 2. The van der Waals surface area contributed by atoms with Crippen LogP contribution < -0.4 is 14.8 Å². The predicted molar refractivity (Wildman–Crippen MR) is 176 cm³/mol. The fraction of sp³-hybridized carbons (Fsp3) is 0.289. The molecular formula is C38H39N3O5. The number of likely N-dealkylation sites (tertiary alicyclic amines) is 1. The monoisotopic (exact) mass is 617 g/mol. The summed E-state index contributed by atoms with van der Waals surface area (Å²) in [5.41, 5.74) is 3.57. The van der Waals surface area contributed by atoms with Crippen molar-refractivity contribution in [3.63, 3.8) is 0 Å². The molecule has 8 nitrogen and oxygen atoms in total. The Bertz CT molecular complexity index is 1690. The number of aryl methyl sites for hydroxylation is 1. The molecule has 1 N–H and O–H groups in total. The average Bonchev–Trinajstić information content (AvgIpc) is 3.47. The largest absolute Gasteiger partial charge is 0.493 e. The van der Waals surface area contributed by atoms with E-state index in [9.17, 15) is 14.4 Å². The molecule has 2 heterocycles. The van der Waals surface area contributed by atoms with Gasteiger partial charge in [-0.2, -0.15) is 0 Å². The molecule has 0 spiro atoms. The van der Waals surface area contributed by atoms with E-state index < -0.39 is 23.9 Å². The molecular weight excluding hydrogens is 578 g/mol. The topological polar surface area (TPSA) is 88.2 Å². The van der Waals surface area contributed by atoms with Gasteiger partial charge in [-0.25, -0.2) is 0 Å². The number of hydrogen-bond donors (Lipinski definition) is 1. The molecule has 0 radical (unpaired) electrons. The zero-order chi connectivity index (χ0) is 32.2. The standard InChI is InChI=1S/C38H39N3O5/c1-25-14-16-27(17-15-25)34-33(36(42)28-12-8-5-9-13-28)32(26-10-6-4-7-11-26)35(38(44)40-22-20-39-21-23-40)41(34)37(43)29-18-19-30(45-2)31(24-29)46-3/h4-19,24,32-35,39H,20-23H2,1-3H3. The number of Topliss-reactive ketones (excluding diaryl/α,β-unsaturated/α-hetero) is 1. The molecule has 4 unspecified atom stereocenters. The van der Waals surface area contributed by atoms with E-state index in [0.717, 1.165) is 16.7 Å². The molecule has 2 saturated heterocycles. The number of carbonyl (C=O) groups excluding carboxylic acids is 3. The first kappa shape index (κ1) is 31.0. The number of hydrogen-bond acceptors (Lipinski definition) is 6. The summed E-state index contributed by atoms with van der Waals surface area (Å²) in [5.74, 6) is -1.08. The van der Waals surface area contributed by atoms with E-state index in [-0.39, 0.29) is 17.6 Å². The van der Waals surface area contributed by atoms with Crippen molar-refractivity contribution < 1.29 is 23.9 Å². The summed E-state index contributed by atoms with van der Waals surface area (Å²) in [6.45, 7) is 4.35. The maximum absolute atomic E-state index is 15.0. The molecule has 4 atom stereocenters. The van der Waals surface area contributed by atoms with Gasteiger partial charge in [0.15, 0.2) is 17.3 Å². The number of rotatable bonds is 8. The van der Waals surface area contributed by atoms with Gasteiger partial charge < -0.3 is 24.6 Å². The van der Waals surface area contributed by atoms with Crippen molar-refractivity contribution >= 4 is 17.6 Å². The van der Waals surface area contributed by atoms with Crippen molar-refractivity contribution in [1.29, 1.82) is 0 Å². The molecule has 236 valence electrons. The Labute approximate surface area is 269 Å². The van der Waals surface area contributed by atoms with Gasteiger partial charge in [-0.1, -0.05) is 90.5 Å². The Morgan fingerprint density at radius 3 is 1.98 bits per heavy atom. The van der Waals surface area contributed by atoms with Crippen LogP contribution in [0.4, 0.5) is 0 Å². The molecule has 0 bridgehead atoms. The zero-order valence-electron chi connectivity index (χ0n) is 26.4. The Kier molecular flexibility index (Phi) is 9.17. The quantitative estimate of drug-likeness (QED) is 0.271. The second kappa shape index (κ2) is 13.6. The van der Waals surface area contributed by atoms with Gasteiger partial charge in [-0.05, 0) is 36.2 Å². The highest BCUT2D eigenvalue weighted by Gasteiger charge is 2.58. The molecule has 2 fully saturated rings. The molecule has 2 amide bonds. The Morgan fingerprint density at radius 2 is 1.35 bits per heavy atom. The Morgan fingerprint density at radius 1 is 0.717 bits per heavy atom. The predicted octanol–water partition coefficient (Wildman–Crippen LogP) is 5.29. The van der Waals surface area contributed by atoms with E-state index in [4.69, 9.17) is 9.47 Å². The van der Waals surface area contributed by atoms with Gasteiger partial charge >= 0.3 is 0 Å². The second-order valence-corrected chi connectivity index (χ2v) is 11.9. The first-order valence-corrected chi connectivity index (χ1v) is 15.7. The molecule has 6 rings (SSSR count). The minimum Gasteiger partial charge on any atom is -0.493 e. The maximum atomic E-state index is 15.0. The summed E-state index contributed by atoms with van der Waals surface area (Å²) >= 11 is 0. The third kappa shape index (κ3) is 5.88. The first-order valence-electron chi connectivity index (χ1n) is 15.7. The van der Waals surface area contributed by atoms with Crippen molar-refractivity contribution in [2.24, 2.45) is 5.92 Å². The molecule has 8 heteroatoms. The number of amides is 2. The molecule has 2 aliphatic heterocycles. The third-order valence-corrected chi connectivity index (χ3v) is 9.18. The van der Waals surface area contributed by atoms with Gasteiger partial charge in [0.05, 0.1) is 26.2 Å². The second-order valence-electron chi connectivity index (χ2n) is 11.9. The number of carbonyl (C=O) groups is 3. The van der Waals surface area contributed by atoms with E-state index >= 15 is 0 Å². The number of ether oxygens (including phenoxy) is 2. The lowest BCUT2D eigenvalue weighted by molar-refractivity contribution is -0.136. The first-order chi connectivity index (χ1) is 22.4. The third-order valence-electron chi connectivity index (χ3n) is 9.18. The van der Waals surface area contributed by atoms with Crippen LogP contribution in [0.3, 0.4) is 0 Å². The molecule has 0 aromatic heterocycles. The minimum absolute atomic E-state index is 0.110. The van der Waals surface area contributed by atoms with Gasteiger partial charge in [0.1, 0.15) is 6.04 Å². The van der Waals surface area contributed by atoms with Crippen LogP contribution in [0, 0.1) is 12.8 Å². The zero-order valence-corrected chi connectivity index (χ0v) is 26.4. The summed E-state index contributed by atoms with van der Waals surface area (Å²) < 4.78 is 11.0. The number of nitrogens with zero attached hydrogens (tertiary/aromatic N) is 2. The minimum atomic E-state index is -0.940. The highest BCUT2D eigenvalue weighted by molar-refractivity contribution is 6.04. The summed E-state index contributed by atoms with van der Waals surface area (Å²) in [6, 6.07) is 30.1. The van der Waals surface area contributed by atoms with Crippen molar-refractivity contribution in [3.8, 4) is 11.5 Å². The van der Waals surface area contributed by atoms with Crippen molar-refractivity contribution in [1.82, 2.24) is 15.1 Å². The number of ketones is 1. The molecule has 0 saturated carbocycles. The number of piperazine rings is 1. The molecule has 4 aromatic carbocycles.